The van der Waals surface area contributed by atoms with E-state index in [-0.39, 0.29) is 11.1 Å². The van der Waals surface area contributed by atoms with Gasteiger partial charge in [0.15, 0.2) is 6.10 Å². The zero-order valence-electron chi connectivity index (χ0n) is 13.5. The quantitative estimate of drug-likeness (QED) is 0.437. The van der Waals surface area contributed by atoms with Crippen molar-refractivity contribution in [3.63, 3.8) is 0 Å². The zero-order valence-corrected chi connectivity index (χ0v) is 13.5. The summed E-state index contributed by atoms with van der Waals surface area (Å²) in [6.07, 6.45) is -1.36. The molecule has 0 aliphatic rings. The summed E-state index contributed by atoms with van der Waals surface area (Å²) >= 11 is 0. The van der Waals surface area contributed by atoms with Gasteiger partial charge >= 0.3 is 18.0 Å². The molecule has 0 saturated heterocycles. The lowest BCUT2D eigenvalue weighted by atomic mass is 10.1. The maximum Gasteiger partial charge on any atom is 0.339 e. The molecule has 0 fully saturated rings. The summed E-state index contributed by atoms with van der Waals surface area (Å²) < 4.78 is 9.30. The molecule has 0 aromatic heterocycles. The molecule has 0 aliphatic heterocycles. The summed E-state index contributed by atoms with van der Waals surface area (Å²) in [5.74, 6) is -2.87. The van der Waals surface area contributed by atoms with Gasteiger partial charge in [-0.1, -0.05) is 0 Å². The van der Waals surface area contributed by atoms with Crippen molar-refractivity contribution in [2.45, 2.75) is 13.0 Å². The third-order valence-electron chi connectivity index (χ3n) is 2.90. The van der Waals surface area contributed by atoms with Crippen molar-refractivity contribution in [2.24, 2.45) is 0 Å². The minimum absolute atomic E-state index is 0.230. The number of carbonyl (C=O) groups excluding carboxylic acids is 4. The van der Waals surface area contributed by atoms with Crippen LogP contribution in [0.4, 0.5) is 10.5 Å². The number of hydrogen-bond acceptors (Lipinski definition) is 8. The van der Waals surface area contributed by atoms with Crippen LogP contribution < -0.4 is 10.6 Å². The van der Waals surface area contributed by atoms with E-state index in [4.69, 9.17) is 4.74 Å². The van der Waals surface area contributed by atoms with E-state index in [1.807, 2.05) is 5.32 Å². The molecule has 134 valence electrons. The molecule has 3 amide bonds. The molecule has 1 atom stereocenters. The van der Waals surface area contributed by atoms with Crippen molar-refractivity contribution >= 4 is 29.6 Å². The summed E-state index contributed by atoms with van der Waals surface area (Å²) in [6, 6.07) is 2.06. The number of non-ortho nitro benzene ring substituents is 1. The van der Waals surface area contributed by atoms with Gasteiger partial charge in [0.05, 0.1) is 23.2 Å². The Morgan fingerprint density at radius 2 is 1.68 bits per heavy atom. The number of nitro groups is 1. The molecular weight excluding hydrogens is 338 g/mol. The number of methoxy groups -OCH3 is 1. The maximum absolute atomic E-state index is 12.1. The molecule has 11 nitrogen and oxygen atoms in total. The number of rotatable bonds is 5. The van der Waals surface area contributed by atoms with Gasteiger partial charge in [-0.05, 0) is 13.0 Å². The fourth-order valence-electron chi connectivity index (χ4n) is 1.63. The Balaban J connectivity index is 3.02. The molecular formula is C14H15N3O8. The minimum atomic E-state index is -1.36. The molecule has 0 spiro atoms. The standard InChI is InChI=1S/C14H15N3O8/c1-7(11(18)16-14(21)15-2)25-13(20)9-4-8(12(19)24-3)5-10(6-9)17(22)23/h4-7H,1-3H3,(H2,15,16,18,21). The lowest BCUT2D eigenvalue weighted by Gasteiger charge is -2.13. The van der Waals surface area contributed by atoms with E-state index in [9.17, 15) is 29.3 Å². The van der Waals surface area contributed by atoms with Crippen LogP contribution in [0, 0.1) is 10.1 Å². The number of hydrogen-bond donors (Lipinski definition) is 2. The lowest BCUT2D eigenvalue weighted by molar-refractivity contribution is -0.384. The van der Waals surface area contributed by atoms with Crippen molar-refractivity contribution in [3.05, 3.63) is 39.4 Å². The number of nitrogens with one attached hydrogen (secondary N) is 2. The second-order valence-corrected chi connectivity index (χ2v) is 4.63. The third-order valence-corrected chi connectivity index (χ3v) is 2.90. The topological polar surface area (TPSA) is 154 Å². The normalized spacial score (nSPS) is 11.0. The van der Waals surface area contributed by atoms with Crippen molar-refractivity contribution in [1.29, 1.82) is 0 Å². The van der Waals surface area contributed by atoms with E-state index in [1.54, 1.807) is 0 Å². The Morgan fingerprint density at radius 3 is 2.16 bits per heavy atom. The van der Waals surface area contributed by atoms with Crippen molar-refractivity contribution in [2.75, 3.05) is 14.2 Å². The summed E-state index contributed by atoms with van der Waals surface area (Å²) in [5, 5.41) is 15.0. The molecule has 0 aliphatic carbocycles. The van der Waals surface area contributed by atoms with E-state index < -0.39 is 40.6 Å². The van der Waals surface area contributed by atoms with Gasteiger partial charge in [0.25, 0.3) is 11.6 Å². The molecule has 0 bridgehead atoms. The largest absolute Gasteiger partial charge is 0.465 e. The van der Waals surface area contributed by atoms with Crippen molar-refractivity contribution < 1.29 is 33.6 Å². The second-order valence-electron chi connectivity index (χ2n) is 4.63. The summed E-state index contributed by atoms with van der Waals surface area (Å²) in [7, 11) is 2.36. The van der Waals surface area contributed by atoms with Crippen LogP contribution in [0.2, 0.25) is 0 Å². The highest BCUT2D eigenvalue weighted by Crippen LogP contribution is 2.19. The van der Waals surface area contributed by atoms with Gasteiger partial charge in [0, 0.05) is 19.2 Å². The van der Waals surface area contributed by atoms with E-state index in [0.717, 1.165) is 25.3 Å². The predicted octanol–water partition coefficient (Wildman–Crippen LogP) is 0.382. The van der Waals surface area contributed by atoms with Crippen LogP contribution in [0.15, 0.2) is 18.2 Å². The summed E-state index contributed by atoms with van der Waals surface area (Å²) in [6.45, 7) is 1.20. The van der Waals surface area contributed by atoms with E-state index in [1.165, 1.54) is 14.0 Å². The summed E-state index contributed by atoms with van der Waals surface area (Å²) in [4.78, 5) is 56.4. The number of nitro benzene ring substituents is 1. The van der Waals surface area contributed by atoms with Crippen LogP contribution in [0.5, 0.6) is 0 Å². The number of benzene rings is 1. The Hall–Kier alpha value is -3.50. The van der Waals surface area contributed by atoms with Crippen LogP contribution in [0.1, 0.15) is 27.6 Å². The van der Waals surface area contributed by atoms with Gasteiger partial charge in [-0.15, -0.1) is 0 Å². The van der Waals surface area contributed by atoms with Gasteiger partial charge in [-0.2, -0.15) is 0 Å². The van der Waals surface area contributed by atoms with Crippen molar-refractivity contribution in [3.8, 4) is 0 Å². The second kappa shape index (κ2) is 8.38. The number of ether oxygens (including phenoxy) is 2. The molecule has 11 heteroatoms. The van der Waals surface area contributed by atoms with Gasteiger partial charge in [0.2, 0.25) is 0 Å². The van der Waals surface area contributed by atoms with Gasteiger partial charge < -0.3 is 14.8 Å². The smallest absolute Gasteiger partial charge is 0.339 e. The first-order chi connectivity index (χ1) is 11.7. The Morgan fingerprint density at radius 1 is 1.12 bits per heavy atom. The van der Waals surface area contributed by atoms with Gasteiger partial charge in [-0.3, -0.25) is 20.2 Å². The van der Waals surface area contributed by atoms with Crippen LogP contribution in [0.25, 0.3) is 0 Å². The molecule has 1 unspecified atom stereocenters. The lowest BCUT2D eigenvalue weighted by Crippen LogP contribution is -2.43. The fourth-order valence-corrected chi connectivity index (χ4v) is 1.63. The number of esters is 2. The van der Waals surface area contributed by atoms with E-state index in [2.05, 4.69) is 10.1 Å². The zero-order chi connectivity index (χ0) is 19.1. The first-order valence-corrected chi connectivity index (χ1v) is 6.81. The molecule has 1 aromatic rings. The number of urea groups is 1. The average molecular weight is 353 g/mol. The number of imide groups is 1. The molecule has 1 rings (SSSR count). The van der Waals surface area contributed by atoms with Crippen molar-refractivity contribution in [1.82, 2.24) is 10.6 Å². The SMILES string of the molecule is CNC(=O)NC(=O)C(C)OC(=O)c1cc(C(=O)OC)cc([N+](=O)[O-])c1. The molecule has 2 N–H and O–H groups in total. The maximum atomic E-state index is 12.1. The Kier molecular flexibility index (Phi) is 6.55. The highest BCUT2D eigenvalue weighted by atomic mass is 16.6. The van der Waals surface area contributed by atoms with Crippen LogP contribution in [0.3, 0.4) is 0 Å². The first kappa shape index (κ1) is 19.5. The average Bonchev–Trinajstić information content (AvgIpc) is 2.59. The summed E-state index contributed by atoms with van der Waals surface area (Å²) in [5.41, 5.74) is -1.09. The monoisotopic (exact) mass is 353 g/mol. The highest BCUT2D eigenvalue weighted by molar-refractivity contribution is 5.99. The first-order valence-electron chi connectivity index (χ1n) is 6.81. The van der Waals surface area contributed by atoms with Gasteiger partial charge in [-0.25, -0.2) is 14.4 Å². The highest BCUT2D eigenvalue weighted by Gasteiger charge is 2.23. The number of amides is 3. The molecule has 0 radical (unpaired) electrons. The van der Waals surface area contributed by atoms with Gasteiger partial charge in [0.1, 0.15) is 0 Å². The minimum Gasteiger partial charge on any atom is -0.465 e. The van der Waals surface area contributed by atoms with Crippen LogP contribution in [-0.2, 0) is 14.3 Å². The number of nitrogens with zero attached hydrogens (tertiary/aromatic N) is 1. The Bertz CT molecular complexity index is 731. The van der Waals surface area contributed by atoms with Crippen LogP contribution >= 0.6 is 0 Å². The molecule has 0 saturated carbocycles. The van der Waals surface area contributed by atoms with Crippen LogP contribution in [-0.4, -0.2) is 49.1 Å². The van der Waals surface area contributed by atoms with E-state index >= 15 is 0 Å². The van der Waals surface area contributed by atoms with E-state index in [0.29, 0.717) is 0 Å². The molecule has 0 heterocycles. The Labute approximate surface area is 141 Å². The predicted molar refractivity (Wildman–Crippen MR) is 81.9 cm³/mol. The molecule has 1 aromatic carbocycles. The fraction of sp³-hybridized carbons (Fsp3) is 0.286. The third kappa shape index (κ3) is 5.27. The molecule has 25 heavy (non-hydrogen) atoms. The number of carbonyl (C=O) groups is 4.